The molecule has 1 amide bonds. The molecule has 0 spiro atoms. The monoisotopic (exact) mass is 289 g/mol. The van der Waals surface area contributed by atoms with Crippen molar-refractivity contribution in [3.8, 4) is 0 Å². The Balaban J connectivity index is 1.76. The Labute approximate surface area is 117 Å². The molecule has 3 aromatic rings. The molecule has 0 radical (unpaired) electrons. The summed E-state index contributed by atoms with van der Waals surface area (Å²) < 4.78 is 1.90. The second-order valence-corrected chi connectivity index (χ2v) is 5.12. The minimum atomic E-state index is -0.356. The van der Waals surface area contributed by atoms with E-state index < -0.39 is 0 Å². The number of rotatable bonds is 3. The first-order valence-corrected chi connectivity index (χ1v) is 6.79. The zero-order valence-electron chi connectivity index (χ0n) is 10.5. The lowest BCUT2D eigenvalue weighted by atomic mass is 10.2. The van der Waals surface area contributed by atoms with Gasteiger partial charge in [-0.15, -0.1) is 11.3 Å². The standard InChI is InChI=1S/C12H11N5O2S/c1-7(9-6-17-2-3-20-12(17)16-9)15-11(19)8-4-14-10(18)5-13-8/h2-7H,1H3,(H,14,18)(H,15,19)/t7-/m1/s1. The van der Waals surface area contributed by atoms with Crippen LogP contribution in [0.3, 0.4) is 0 Å². The number of thiazole rings is 1. The molecule has 3 aromatic heterocycles. The van der Waals surface area contributed by atoms with Gasteiger partial charge >= 0.3 is 0 Å². The second kappa shape index (κ2) is 4.89. The van der Waals surface area contributed by atoms with E-state index in [0.717, 1.165) is 16.9 Å². The molecule has 20 heavy (non-hydrogen) atoms. The average Bonchev–Trinajstić information content (AvgIpc) is 2.99. The highest BCUT2D eigenvalue weighted by atomic mass is 32.1. The lowest BCUT2D eigenvalue weighted by Gasteiger charge is -2.10. The molecule has 0 aliphatic rings. The zero-order chi connectivity index (χ0) is 14.1. The lowest BCUT2D eigenvalue weighted by Crippen LogP contribution is -2.28. The maximum atomic E-state index is 12.0. The molecule has 0 aliphatic carbocycles. The number of nitrogens with one attached hydrogen (secondary N) is 2. The van der Waals surface area contributed by atoms with Crippen molar-refractivity contribution in [3.05, 3.63) is 51.9 Å². The van der Waals surface area contributed by atoms with E-state index in [-0.39, 0.29) is 23.2 Å². The van der Waals surface area contributed by atoms with Crippen LogP contribution in [0.1, 0.15) is 29.1 Å². The van der Waals surface area contributed by atoms with Crippen molar-refractivity contribution in [2.45, 2.75) is 13.0 Å². The summed E-state index contributed by atoms with van der Waals surface area (Å²) in [4.78, 5) is 34.4. The summed E-state index contributed by atoms with van der Waals surface area (Å²) in [6.07, 6.45) is 6.15. The molecule has 0 aliphatic heterocycles. The van der Waals surface area contributed by atoms with Gasteiger partial charge in [0.05, 0.1) is 17.9 Å². The molecule has 2 N–H and O–H groups in total. The van der Waals surface area contributed by atoms with Gasteiger partial charge in [0.2, 0.25) is 0 Å². The molecule has 3 heterocycles. The maximum Gasteiger partial charge on any atom is 0.271 e. The van der Waals surface area contributed by atoms with Gasteiger partial charge in [-0.25, -0.2) is 9.97 Å². The van der Waals surface area contributed by atoms with Crippen molar-refractivity contribution >= 4 is 22.2 Å². The summed E-state index contributed by atoms with van der Waals surface area (Å²) in [5.74, 6) is -0.356. The van der Waals surface area contributed by atoms with Crippen molar-refractivity contribution in [2.75, 3.05) is 0 Å². The molecule has 8 heteroatoms. The molecule has 0 saturated heterocycles. The number of H-pyrrole nitrogens is 1. The van der Waals surface area contributed by atoms with Crippen molar-refractivity contribution in [1.29, 1.82) is 0 Å². The van der Waals surface area contributed by atoms with Gasteiger partial charge in [0, 0.05) is 24.0 Å². The smallest absolute Gasteiger partial charge is 0.271 e. The fourth-order valence-corrected chi connectivity index (χ4v) is 2.47. The van der Waals surface area contributed by atoms with E-state index in [1.807, 2.05) is 29.1 Å². The Morgan fingerprint density at radius 3 is 3.10 bits per heavy atom. The molecular weight excluding hydrogens is 278 g/mol. The first kappa shape index (κ1) is 12.5. The van der Waals surface area contributed by atoms with Crippen LogP contribution in [-0.2, 0) is 0 Å². The first-order valence-electron chi connectivity index (χ1n) is 5.91. The van der Waals surface area contributed by atoms with E-state index in [1.54, 1.807) is 0 Å². The van der Waals surface area contributed by atoms with Crippen LogP contribution in [0.4, 0.5) is 0 Å². The summed E-state index contributed by atoms with van der Waals surface area (Å²) in [7, 11) is 0. The van der Waals surface area contributed by atoms with Crippen LogP contribution in [0.15, 0.2) is 35.0 Å². The normalized spacial score (nSPS) is 12.4. The van der Waals surface area contributed by atoms with Crippen LogP contribution in [-0.4, -0.2) is 25.3 Å². The number of aromatic nitrogens is 4. The van der Waals surface area contributed by atoms with E-state index in [2.05, 4.69) is 20.3 Å². The van der Waals surface area contributed by atoms with Crippen LogP contribution in [0.2, 0.25) is 0 Å². The number of aromatic amines is 1. The van der Waals surface area contributed by atoms with E-state index in [1.165, 1.54) is 17.5 Å². The highest BCUT2D eigenvalue weighted by Gasteiger charge is 2.15. The Bertz CT molecular complexity index is 769. The van der Waals surface area contributed by atoms with Crippen LogP contribution < -0.4 is 10.9 Å². The van der Waals surface area contributed by atoms with Gasteiger partial charge < -0.3 is 10.3 Å². The fraction of sp³-hybridized carbons (Fsp3) is 0.167. The average molecular weight is 289 g/mol. The number of carbonyl (C=O) groups is 1. The lowest BCUT2D eigenvalue weighted by molar-refractivity contribution is 0.0933. The summed E-state index contributed by atoms with van der Waals surface area (Å²) in [6, 6.07) is -0.247. The van der Waals surface area contributed by atoms with E-state index in [9.17, 15) is 9.59 Å². The Morgan fingerprint density at radius 1 is 1.55 bits per heavy atom. The van der Waals surface area contributed by atoms with E-state index in [4.69, 9.17) is 0 Å². The highest BCUT2D eigenvalue weighted by molar-refractivity contribution is 7.15. The Hall–Kier alpha value is -2.48. The summed E-state index contributed by atoms with van der Waals surface area (Å²) in [6.45, 7) is 1.84. The van der Waals surface area contributed by atoms with Gasteiger partial charge in [-0.3, -0.25) is 14.0 Å². The van der Waals surface area contributed by atoms with Crippen LogP contribution in [0.5, 0.6) is 0 Å². The number of nitrogens with zero attached hydrogens (tertiary/aromatic N) is 3. The molecule has 0 bridgehead atoms. The maximum absolute atomic E-state index is 12.0. The molecule has 0 aromatic carbocycles. The highest BCUT2D eigenvalue weighted by Crippen LogP contribution is 2.16. The van der Waals surface area contributed by atoms with Crippen LogP contribution >= 0.6 is 11.3 Å². The van der Waals surface area contributed by atoms with Gasteiger partial charge in [0.15, 0.2) is 4.96 Å². The molecule has 0 unspecified atom stereocenters. The molecule has 1 atom stereocenters. The minimum Gasteiger partial charge on any atom is -0.342 e. The molecule has 0 saturated carbocycles. The van der Waals surface area contributed by atoms with Crippen molar-refractivity contribution < 1.29 is 4.79 Å². The largest absolute Gasteiger partial charge is 0.342 e. The Kier molecular flexibility index (Phi) is 3.07. The predicted molar refractivity (Wildman–Crippen MR) is 73.8 cm³/mol. The quantitative estimate of drug-likeness (QED) is 0.751. The summed E-state index contributed by atoms with van der Waals surface area (Å²) in [5, 5.41) is 4.73. The second-order valence-electron chi connectivity index (χ2n) is 4.25. The summed E-state index contributed by atoms with van der Waals surface area (Å²) in [5.41, 5.74) is 0.594. The predicted octanol–water partition coefficient (Wildman–Crippen LogP) is 0.970. The zero-order valence-corrected chi connectivity index (χ0v) is 11.3. The third kappa shape index (κ3) is 2.32. The van der Waals surface area contributed by atoms with Gasteiger partial charge in [0.1, 0.15) is 5.69 Å². The van der Waals surface area contributed by atoms with Crippen molar-refractivity contribution in [2.24, 2.45) is 0 Å². The topological polar surface area (TPSA) is 92.1 Å². The van der Waals surface area contributed by atoms with E-state index >= 15 is 0 Å². The molecule has 0 fully saturated rings. The molecule has 102 valence electrons. The SMILES string of the molecule is C[C@@H](NC(=O)c1c[nH]c(=O)cn1)c1cn2ccsc2n1. The number of amides is 1. The molecule has 3 rings (SSSR count). The number of fused-ring (bicyclic) bond motifs is 1. The third-order valence-electron chi connectivity index (χ3n) is 2.81. The van der Waals surface area contributed by atoms with Gasteiger partial charge in [-0.2, -0.15) is 0 Å². The molecular formula is C12H11N5O2S. The van der Waals surface area contributed by atoms with Crippen molar-refractivity contribution in [3.63, 3.8) is 0 Å². The van der Waals surface area contributed by atoms with Crippen LogP contribution in [0, 0.1) is 0 Å². The third-order valence-corrected chi connectivity index (χ3v) is 3.58. The first-order chi connectivity index (χ1) is 9.63. The van der Waals surface area contributed by atoms with Gasteiger partial charge in [0.25, 0.3) is 11.5 Å². The molecule has 7 nitrogen and oxygen atoms in total. The van der Waals surface area contributed by atoms with Gasteiger partial charge in [-0.1, -0.05) is 0 Å². The Morgan fingerprint density at radius 2 is 2.40 bits per heavy atom. The number of hydrogen-bond donors (Lipinski definition) is 2. The summed E-state index contributed by atoms with van der Waals surface area (Å²) >= 11 is 1.53. The number of hydrogen-bond acceptors (Lipinski definition) is 5. The minimum absolute atomic E-state index is 0.164. The van der Waals surface area contributed by atoms with E-state index in [0.29, 0.717) is 0 Å². The number of imidazole rings is 1. The fourth-order valence-electron chi connectivity index (χ4n) is 1.77. The number of carbonyl (C=O) groups excluding carboxylic acids is 1. The van der Waals surface area contributed by atoms with Gasteiger partial charge in [-0.05, 0) is 6.92 Å². The van der Waals surface area contributed by atoms with Crippen molar-refractivity contribution in [1.82, 2.24) is 24.7 Å². The van der Waals surface area contributed by atoms with Crippen LogP contribution in [0.25, 0.3) is 4.96 Å².